The molecule has 0 bridgehead atoms. The number of ether oxygens (including phenoxy) is 1. The first-order valence-electron chi connectivity index (χ1n) is 8.55. The van der Waals surface area contributed by atoms with Gasteiger partial charge in [-0.25, -0.2) is 4.39 Å². The van der Waals surface area contributed by atoms with Gasteiger partial charge in [-0.2, -0.15) is 0 Å². The van der Waals surface area contributed by atoms with Gasteiger partial charge in [-0.05, 0) is 50.2 Å². The predicted octanol–water partition coefficient (Wildman–Crippen LogP) is 1.50. The lowest BCUT2D eigenvalue weighted by Crippen LogP contribution is -2.47. The Hall–Kier alpha value is -1.70. The van der Waals surface area contributed by atoms with E-state index in [-0.39, 0.29) is 48.4 Å². The average Bonchev–Trinajstić information content (AvgIpc) is 2.62. The third kappa shape index (κ3) is 6.90. The Balaban J connectivity index is 0.00000338. The monoisotopic (exact) mass is 387 g/mol. The zero-order valence-corrected chi connectivity index (χ0v) is 15.8. The van der Waals surface area contributed by atoms with E-state index in [0.29, 0.717) is 18.7 Å². The summed E-state index contributed by atoms with van der Waals surface area (Å²) >= 11 is 0. The first-order valence-corrected chi connectivity index (χ1v) is 8.55. The number of rotatable bonds is 8. The van der Waals surface area contributed by atoms with Crippen molar-refractivity contribution in [3.63, 3.8) is 0 Å². The van der Waals surface area contributed by atoms with Crippen LogP contribution in [0.3, 0.4) is 0 Å². The Morgan fingerprint density at radius 3 is 2.46 bits per heavy atom. The van der Waals surface area contributed by atoms with Gasteiger partial charge < -0.3 is 20.7 Å². The number of amides is 2. The molecule has 1 fully saturated rings. The molecule has 1 heterocycles. The van der Waals surface area contributed by atoms with Crippen molar-refractivity contribution < 1.29 is 18.7 Å². The average molecular weight is 388 g/mol. The van der Waals surface area contributed by atoms with Crippen LogP contribution in [0, 0.1) is 11.2 Å². The van der Waals surface area contributed by atoms with Crippen molar-refractivity contribution in [1.82, 2.24) is 16.0 Å². The molecule has 26 heavy (non-hydrogen) atoms. The molecule has 146 valence electrons. The van der Waals surface area contributed by atoms with Crippen LogP contribution in [0.15, 0.2) is 24.3 Å². The summed E-state index contributed by atoms with van der Waals surface area (Å²) in [6, 6.07) is 5.29. The molecule has 1 saturated heterocycles. The number of methoxy groups -OCH3 is 1. The van der Waals surface area contributed by atoms with Gasteiger partial charge in [-0.1, -0.05) is 0 Å². The minimum atomic E-state index is -0.390. The largest absolute Gasteiger partial charge is 0.384 e. The van der Waals surface area contributed by atoms with E-state index in [2.05, 4.69) is 16.0 Å². The molecule has 3 N–H and O–H groups in total. The SMILES string of the molecule is COCC1(CNC(=O)CCNC(=O)c2ccc(F)cc2)CCNCC1.Cl. The van der Waals surface area contributed by atoms with E-state index in [1.807, 2.05) is 0 Å². The van der Waals surface area contributed by atoms with Gasteiger partial charge in [0.15, 0.2) is 0 Å². The van der Waals surface area contributed by atoms with Crippen LogP contribution in [0.4, 0.5) is 4.39 Å². The molecular weight excluding hydrogens is 361 g/mol. The Morgan fingerprint density at radius 2 is 1.85 bits per heavy atom. The summed E-state index contributed by atoms with van der Waals surface area (Å²) in [5, 5.41) is 8.93. The first kappa shape index (κ1) is 22.3. The molecule has 1 aliphatic heterocycles. The van der Waals surface area contributed by atoms with E-state index >= 15 is 0 Å². The summed E-state index contributed by atoms with van der Waals surface area (Å²) in [5.41, 5.74) is 0.350. The normalized spacial score (nSPS) is 15.6. The van der Waals surface area contributed by atoms with Crippen molar-refractivity contribution >= 4 is 24.2 Å². The van der Waals surface area contributed by atoms with Crippen LogP contribution in [-0.2, 0) is 9.53 Å². The van der Waals surface area contributed by atoms with E-state index in [9.17, 15) is 14.0 Å². The fraction of sp³-hybridized carbons (Fsp3) is 0.556. The summed E-state index contributed by atoms with van der Waals surface area (Å²) in [6.07, 6.45) is 2.12. The maximum Gasteiger partial charge on any atom is 0.251 e. The second kappa shape index (κ2) is 11.1. The number of halogens is 2. The van der Waals surface area contributed by atoms with Gasteiger partial charge in [-0.3, -0.25) is 9.59 Å². The summed E-state index contributed by atoms with van der Waals surface area (Å²) in [4.78, 5) is 23.9. The van der Waals surface area contributed by atoms with E-state index in [4.69, 9.17) is 4.74 Å². The van der Waals surface area contributed by atoms with E-state index in [1.165, 1.54) is 24.3 Å². The molecular formula is C18H27ClFN3O3. The third-order valence-electron chi connectivity index (χ3n) is 4.52. The Morgan fingerprint density at radius 1 is 1.19 bits per heavy atom. The summed E-state index contributed by atoms with van der Waals surface area (Å²) in [6.45, 7) is 3.28. The molecule has 0 radical (unpaired) electrons. The molecule has 0 aliphatic carbocycles. The highest BCUT2D eigenvalue weighted by atomic mass is 35.5. The number of piperidine rings is 1. The van der Waals surface area contributed by atoms with Crippen LogP contribution < -0.4 is 16.0 Å². The molecule has 0 saturated carbocycles. The van der Waals surface area contributed by atoms with E-state index in [0.717, 1.165) is 25.9 Å². The second-order valence-electron chi connectivity index (χ2n) is 6.47. The van der Waals surface area contributed by atoms with Crippen molar-refractivity contribution in [3.8, 4) is 0 Å². The van der Waals surface area contributed by atoms with Gasteiger partial charge in [0.2, 0.25) is 5.91 Å². The lowest BCUT2D eigenvalue weighted by atomic mass is 9.79. The number of benzene rings is 1. The molecule has 1 aromatic carbocycles. The molecule has 0 unspecified atom stereocenters. The van der Waals surface area contributed by atoms with Crippen molar-refractivity contribution in [2.75, 3.05) is 39.9 Å². The number of carbonyl (C=O) groups is 2. The van der Waals surface area contributed by atoms with Crippen molar-refractivity contribution in [1.29, 1.82) is 0 Å². The smallest absolute Gasteiger partial charge is 0.251 e. The highest BCUT2D eigenvalue weighted by Crippen LogP contribution is 2.28. The first-order chi connectivity index (χ1) is 12.0. The standard InChI is InChI=1S/C18H26FN3O3.ClH/c1-25-13-18(7-10-20-11-8-18)12-22-16(23)6-9-21-17(24)14-2-4-15(19)5-3-14;/h2-5,20H,6-13H2,1H3,(H,21,24)(H,22,23);1H. The van der Waals surface area contributed by atoms with Gasteiger partial charge in [0.25, 0.3) is 5.91 Å². The Bertz CT molecular complexity index is 572. The number of hydrogen-bond acceptors (Lipinski definition) is 4. The topological polar surface area (TPSA) is 79.5 Å². The highest BCUT2D eigenvalue weighted by Gasteiger charge is 2.32. The van der Waals surface area contributed by atoms with E-state index < -0.39 is 0 Å². The van der Waals surface area contributed by atoms with Crippen molar-refractivity contribution in [2.45, 2.75) is 19.3 Å². The summed E-state index contributed by atoms with van der Waals surface area (Å²) < 4.78 is 18.2. The van der Waals surface area contributed by atoms with Gasteiger partial charge in [0, 0.05) is 37.6 Å². The maximum atomic E-state index is 12.8. The molecule has 2 amide bonds. The summed E-state index contributed by atoms with van der Waals surface area (Å²) in [5.74, 6) is -0.811. The van der Waals surface area contributed by atoms with E-state index in [1.54, 1.807) is 7.11 Å². The van der Waals surface area contributed by atoms with Gasteiger partial charge in [0.05, 0.1) is 6.61 Å². The zero-order chi connectivity index (χ0) is 18.1. The zero-order valence-electron chi connectivity index (χ0n) is 15.0. The van der Waals surface area contributed by atoms with Crippen LogP contribution in [0.25, 0.3) is 0 Å². The molecule has 1 aliphatic rings. The number of hydrogen-bond donors (Lipinski definition) is 3. The molecule has 6 nitrogen and oxygen atoms in total. The molecule has 0 spiro atoms. The van der Waals surface area contributed by atoms with Crippen molar-refractivity contribution in [2.24, 2.45) is 5.41 Å². The van der Waals surface area contributed by atoms with Gasteiger partial charge in [0.1, 0.15) is 5.82 Å². The van der Waals surface area contributed by atoms with Gasteiger partial charge >= 0.3 is 0 Å². The minimum absolute atomic E-state index is 0. The predicted molar refractivity (Wildman–Crippen MR) is 100 cm³/mol. The van der Waals surface area contributed by atoms with Gasteiger partial charge in [-0.15, -0.1) is 12.4 Å². The number of nitrogens with one attached hydrogen (secondary N) is 3. The molecule has 1 aromatic rings. The van der Waals surface area contributed by atoms with Crippen molar-refractivity contribution in [3.05, 3.63) is 35.6 Å². The molecule has 0 aromatic heterocycles. The Labute approximate surface area is 159 Å². The Kier molecular flexibility index (Phi) is 9.54. The third-order valence-corrected chi connectivity index (χ3v) is 4.52. The minimum Gasteiger partial charge on any atom is -0.384 e. The highest BCUT2D eigenvalue weighted by molar-refractivity contribution is 5.94. The fourth-order valence-corrected chi connectivity index (χ4v) is 3.00. The van der Waals surface area contributed by atoms with Crippen LogP contribution in [-0.4, -0.2) is 51.7 Å². The van der Waals surface area contributed by atoms with Crippen LogP contribution in [0.2, 0.25) is 0 Å². The fourth-order valence-electron chi connectivity index (χ4n) is 3.00. The molecule has 8 heteroatoms. The maximum absolute atomic E-state index is 12.8. The van der Waals surface area contributed by atoms with Crippen LogP contribution >= 0.6 is 12.4 Å². The lowest BCUT2D eigenvalue weighted by Gasteiger charge is -2.37. The quantitative estimate of drug-likeness (QED) is 0.631. The second-order valence-corrected chi connectivity index (χ2v) is 6.47. The van der Waals surface area contributed by atoms with Crippen LogP contribution in [0.1, 0.15) is 29.6 Å². The van der Waals surface area contributed by atoms with Crippen LogP contribution in [0.5, 0.6) is 0 Å². The lowest BCUT2D eigenvalue weighted by molar-refractivity contribution is -0.121. The number of carbonyl (C=O) groups excluding carboxylic acids is 2. The molecule has 0 atom stereocenters. The summed E-state index contributed by atoms with van der Waals surface area (Å²) in [7, 11) is 1.68. The molecule has 2 rings (SSSR count).